The molecule has 9 heteroatoms. The van der Waals surface area contributed by atoms with Gasteiger partial charge in [-0.25, -0.2) is 12.8 Å². The van der Waals surface area contributed by atoms with Crippen molar-refractivity contribution >= 4 is 21.6 Å². The third-order valence-corrected chi connectivity index (χ3v) is 5.80. The maximum absolute atomic E-state index is 12.8. The molecule has 0 aliphatic carbocycles. The lowest BCUT2D eigenvalue weighted by Gasteiger charge is -2.26. The van der Waals surface area contributed by atoms with E-state index in [2.05, 4.69) is 5.32 Å². The van der Waals surface area contributed by atoms with Crippen LogP contribution in [0.15, 0.2) is 53.4 Å². The molecule has 1 fully saturated rings. The van der Waals surface area contributed by atoms with Crippen molar-refractivity contribution in [3.63, 3.8) is 0 Å². The number of anilines is 1. The summed E-state index contributed by atoms with van der Waals surface area (Å²) in [6.07, 6.45) is 0. The fraction of sp³-hybridized carbons (Fsp3) is 0.278. The normalized spacial score (nSPS) is 15.3. The molecule has 7 nitrogen and oxygen atoms in total. The van der Waals surface area contributed by atoms with Gasteiger partial charge in [0.2, 0.25) is 10.0 Å². The van der Waals surface area contributed by atoms with Crippen LogP contribution in [0.1, 0.15) is 0 Å². The van der Waals surface area contributed by atoms with Crippen molar-refractivity contribution in [2.45, 2.75) is 4.90 Å². The highest BCUT2D eigenvalue weighted by Crippen LogP contribution is 2.20. The predicted molar refractivity (Wildman–Crippen MR) is 96.5 cm³/mol. The first-order chi connectivity index (χ1) is 12.9. The molecule has 0 radical (unpaired) electrons. The van der Waals surface area contributed by atoms with Gasteiger partial charge in [0, 0.05) is 18.8 Å². The van der Waals surface area contributed by atoms with Crippen molar-refractivity contribution in [1.29, 1.82) is 0 Å². The average molecular weight is 394 g/mol. The second kappa shape index (κ2) is 8.47. The smallest absolute Gasteiger partial charge is 0.262 e. The number of amides is 1. The van der Waals surface area contributed by atoms with Crippen molar-refractivity contribution in [2.75, 3.05) is 38.2 Å². The second-order valence-corrected chi connectivity index (χ2v) is 7.77. The lowest BCUT2D eigenvalue weighted by molar-refractivity contribution is -0.118. The lowest BCUT2D eigenvalue weighted by atomic mass is 10.3. The molecule has 1 aliphatic rings. The third-order valence-electron chi connectivity index (χ3n) is 3.91. The number of rotatable bonds is 6. The number of ether oxygens (including phenoxy) is 2. The summed E-state index contributed by atoms with van der Waals surface area (Å²) in [7, 11) is -3.64. The molecule has 2 aromatic rings. The molecule has 1 N–H and O–H groups in total. The van der Waals surface area contributed by atoms with E-state index in [4.69, 9.17) is 9.47 Å². The molecular formula is C18H19FN2O5S. The maximum Gasteiger partial charge on any atom is 0.262 e. The number of carbonyl (C=O) groups is 1. The van der Waals surface area contributed by atoms with E-state index >= 15 is 0 Å². The largest absolute Gasteiger partial charge is 0.484 e. The highest BCUT2D eigenvalue weighted by Gasteiger charge is 2.26. The summed E-state index contributed by atoms with van der Waals surface area (Å²) in [5.74, 6) is -0.500. The molecule has 0 bridgehead atoms. The predicted octanol–water partition coefficient (Wildman–Crippen LogP) is 1.86. The molecule has 2 aromatic carbocycles. The van der Waals surface area contributed by atoms with Crippen molar-refractivity contribution in [1.82, 2.24) is 4.31 Å². The first kappa shape index (κ1) is 19.3. The molecule has 144 valence electrons. The molecule has 0 spiro atoms. The Morgan fingerprint density at radius 2 is 1.85 bits per heavy atom. The fourth-order valence-electron chi connectivity index (χ4n) is 2.55. The summed E-state index contributed by atoms with van der Waals surface area (Å²) in [5, 5.41) is 2.59. The fourth-order valence-corrected chi connectivity index (χ4v) is 4.00. The quantitative estimate of drug-likeness (QED) is 0.809. The second-order valence-electron chi connectivity index (χ2n) is 5.84. The minimum atomic E-state index is -3.64. The third kappa shape index (κ3) is 5.03. The van der Waals surface area contributed by atoms with Gasteiger partial charge in [-0.3, -0.25) is 4.79 Å². The van der Waals surface area contributed by atoms with Crippen LogP contribution in [0.3, 0.4) is 0 Å². The molecule has 0 saturated carbocycles. The van der Waals surface area contributed by atoms with Gasteiger partial charge in [0.05, 0.1) is 18.1 Å². The van der Waals surface area contributed by atoms with Gasteiger partial charge in [-0.15, -0.1) is 0 Å². The van der Waals surface area contributed by atoms with E-state index in [9.17, 15) is 17.6 Å². The number of benzene rings is 2. The number of sulfonamides is 1. The number of morpholine rings is 1. The van der Waals surface area contributed by atoms with Crippen LogP contribution in [0.4, 0.5) is 10.1 Å². The van der Waals surface area contributed by atoms with Crippen molar-refractivity contribution in [3.05, 3.63) is 54.3 Å². The number of carbonyl (C=O) groups excluding carboxylic acids is 1. The molecular weight excluding hydrogens is 375 g/mol. The van der Waals surface area contributed by atoms with E-state index in [0.717, 1.165) is 0 Å². The molecule has 0 atom stereocenters. The van der Waals surface area contributed by atoms with E-state index in [1.807, 2.05) is 0 Å². The van der Waals surface area contributed by atoms with Crippen LogP contribution >= 0.6 is 0 Å². The Bertz CT molecular complexity index is 896. The first-order valence-electron chi connectivity index (χ1n) is 8.31. The highest BCUT2D eigenvalue weighted by atomic mass is 32.2. The molecule has 1 heterocycles. The van der Waals surface area contributed by atoms with Crippen molar-refractivity contribution in [2.24, 2.45) is 0 Å². The van der Waals surface area contributed by atoms with E-state index < -0.39 is 21.7 Å². The van der Waals surface area contributed by atoms with Crippen LogP contribution in [0, 0.1) is 5.82 Å². The Kier molecular flexibility index (Phi) is 6.04. The SMILES string of the molecule is O=C(COc1ccc(F)cc1)Nc1cccc(S(=O)(=O)N2CCOCC2)c1. The van der Waals surface area contributed by atoms with Crippen LogP contribution in [-0.4, -0.2) is 51.5 Å². The van der Waals surface area contributed by atoms with E-state index in [-0.39, 0.29) is 11.5 Å². The zero-order valence-corrected chi connectivity index (χ0v) is 15.2. The molecule has 3 rings (SSSR count). The van der Waals surface area contributed by atoms with Gasteiger partial charge in [-0.05, 0) is 42.5 Å². The summed E-state index contributed by atoms with van der Waals surface area (Å²) in [5.41, 5.74) is 0.344. The molecule has 1 aliphatic heterocycles. The summed E-state index contributed by atoms with van der Waals surface area (Å²) in [4.78, 5) is 12.1. The summed E-state index contributed by atoms with van der Waals surface area (Å²) in [6, 6.07) is 11.3. The lowest BCUT2D eigenvalue weighted by Crippen LogP contribution is -2.40. The van der Waals surface area contributed by atoms with Gasteiger partial charge in [0.1, 0.15) is 11.6 Å². The monoisotopic (exact) mass is 394 g/mol. The Morgan fingerprint density at radius 3 is 2.56 bits per heavy atom. The van der Waals surface area contributed by atoms with E-state index in [1.54, 1.807) is 12.1 Å². The van der Waals surface area contributed by atoms with E-state index in [1.165, 1.54) is 40.7 Å². The Hall–Kier alpha value is -2.49. The summed E-state index contributed by atoms with van der Waals surface area (Å²) < 4.78 is 50.0. The molecule has 27 heavy (non-hydrogen) atoms. The van der Waals surface area contributed by atoms with Crippen molar-refractivity contribution < 1.29 is 27.1 Å². The standard InChI is InChI=1S/C18H19FN2O5S/c19-14-4-6-16(7-5-14)26-13-18(22)20-15-2-1-3-17(12-15)27(23,24)21-8-10-25-11-9-21/h1-7,12H,8-11,13H2,(H,20,22). The zero-order valence-electron chi connectivity index (χ0n) is 14.4. The summed E-state index contributed by atoms with van der Waals surface area (Å²) >= 11 is 0. The Morgan fingerprint density at radius 1 is 1.15 bits per heavy atom. The van der Waals surface area contributed by atoms with Crippen LogP contribution in [-0.2, 0) is 19.6 Å². The zero-order chi connectivity index (χ0) is 19.3. The van der Waals surface area contributed by atoms with Gasteiger partial charge < -0.3 is 14.8 Å². The maximum atomic E-state index is 12.8. The highest BCUT2D eigenvalue weighted by molar-refractivity contribution is 7.89. The molecule has 1 amide bonds. The summed E-state index contributed by atoms with van der Waals surface area (Å²) in [6.45, 7) is 1.02. The minimum absolute atomic E-state index is 0.0988. The number of nitrogens with one attached hydrogen (secondary N) is 1. The van der Waals surface area contributed by atoms with Crippen molar-refractivity contribution in [3.8, 4) is 5.75 Å². The van der Waals surface area contributed by atoms with E-state index in [0.29, 0.717) is 37.7 Å². The van der Waals surface area contributed by atoms with Crippen LogP contribution in [0.2, 0.25) is 0 Å². The topological polar surface area (TPSA) is 84.9 Å². The number of hydrogen-bond donors (Lipinski definition) is 1. The van der Waals surface area contributed by atoms with Gasteiger partial charge in [0.25, 0.3) is 5.91 Å². The van der Waals surface area contributed by atoms with Crippen LogP contribution in [0.5, 0.6) is 5.75 Å². The molecule has 0 unspecified atom stereocenters. The number of nitrogens with zero attached hydrogens (tertiary/aromatic N) is 1. The number of halogens is 1. The molecule has 1 saturated heterocycles. The number of hydrogen-bond acceptors (Lipinski definition) is 5. The average Bonchev–Trinajstić information content (AvgIpc) is 2.68. The van der Waals surface area contributed by atoms with Crippen LogP contribution < -0.4 is 10.1 Å². The van der Waals surface area contributed by atoms with Crippen LogP contribution in [0.25, 0.3) is 0 Å². The van der Waals surface area contributed by atoms with Gasteiger partial charge >= 0.3 is 0 Å². The van der Waals surface area contributed by atoms with Gasteiger partial charge in [-0.2, -0.15) is 4.31 Å². The Labute approximate surface area is 156 Å². The first-order valence-corrected chi connectivity index (χ1v) is 9.75. The van der Waals surface area contributed by atoms with Gasteiger partial charge in [0.15, 0.2) is 6.61 Å². The Balaban J connectivity index is 1.63. The van der Waals surface area contributed by atoms with Gasteiger partial charge in [-0.1, -0.05) is 6.07 Å². The minimum Gasteiger partial charge on any atom is -0.484 e. The molecule has 0 aromatic heterocycles.